The Kier molecular flexibility index (Phi) is 6.02. The molecule has 1 aliphatic carbocycles. The lowest BCUT2D eigenvalue weighted by Crippen LogP contribution is -2.41. The van der Waals surface area contributed by atoms with E-state index in [2.05, 4.69) is 30.1 Å². The molecule has 2 N–H and O–H groups in total. The second-order valence-corrected chi connectivity index (χ2v) is 10.1. The second kappa shape index (κ2) is 8.77. The fourth-order valence-electron chi connectivity index (χ4n) is 2.99. The van der Waals surface area contributed by atoms with E-state index in [1.165, 1.54) is 16.9 Å². The van der Waals surface area contributed by atoms with Crippen molar-refractivity contribution in [2.45, 2.75) is 44.4 Å². The Morgan fingerprint density at radius 2 is 1.97 bits per heavy atom. The van der Waals surface area contributed by atoms with Crippen LogP contribution in [0.1, 0.15) is 33.6 Å². The molecule has 0 radical (unpaired) electrons. The number of pyridine rings is 1. The number of anilines is 2. The van der Waals surface area contributed by atoms with Crippen LogP contribution in [0.15, 0.2) is 43.0 Å². The summed E-state index contributed by atoms with van der Waals surface area (Å²) in [6.45, 7) is 5.71. The van der Waals surface area contributed by atoms with E-state index < -0.39 is 15.6 Å². The van der Waals surface area contributed by atoms with Crippen molar-refractivity contribution in [1.29, 1.82) is 0 Å². The number of nitrogens with one attached hydrogen (secondary N) is 2. The molecule has 12 heteroatoms. The van der Waals surface area contributed by atoms with Gasteiger partial charge in [-0.15, -0.1) is 0 Å². The van der Waals surface area contributed by atoms with Gasteiger partial charge in [0.15, 0.2) is 5.82 Å². The summed E-state index contributed by atoms with van der Waals surface area (Å²) < 4.78 is 33.5. The fraction of sp³-hybridized carbons (Fsp3) is 0.381. The highest BCUT2D eigenvalue weighted by atomic mass is 32.2. The van der Waals surface area contributed by atoms with Crippen LogP contribution in [-0.4, -0.2) is 50.9 Å². The van der Waals surface area contributed by atoms with Crippen molar-refractivity contribution in [1.82, 2.24) is 24.7 Å². The highest BCUT2D eigenvalue weighted by Crippen LogP contribution is 2.29. The van der Waals surface area contributed by atoms with Crippen molar-refractivity contribution in [3.05, 3.63) is 43.0 Å². The molecule has 3 aromatic rings. The Labute approximate surface area is 191 Å². The molecular formula is C21H25N7O4S. The Morgan fingerprint density at radius 3 is 2.64 bits per heavy atom. The molecule has 3 aromatic heterocycles. The molecule has 0 saturated heterocycles. The maximum atomic E-state index is 12.9. The predicted octanol–water partition coefficient (Wildman–Crippen LogP) is 2.41. The van der Waals surface area contributed by atoms with E-state index in [0.29, 0.717) is 36.8 Å². The molecule has 0 spiro atoms. The van der Waals surface area contributed by atoms with Crippen molar-refractivity contribution in [2.75, 3.05) is 16.6 Å². The highest BCUT2D eigenvalue weighted by molar-refractivity contribution is 7.93. The number of sulfonamides is 1. The van der Waals surface area contributed by atoms with Crippen LogP contribution in [0.4, 0.5) is 11.6 Å². The Bertz CT molecular complexity index is 1250. The molecule has 0 aromatic carbocycles. The number of carbonyl (C=O) groups is 1. The monoisotopic (exact) mass is 471 g/mol. The number of aromatic nitrogens is 5. The topological polar surface area (TPSA) is 141 Å². The normalized spacial score (nSPS) is 14.0. The van der Waals surface area contributed by atoms with Crippen LogP contribution in [-0.2, 0) is 20.4 Å². The first-order chi connectivity index (χ1) is 15.7. The van der Waals surface area contributed by atoms with Crippen LogP contribution >= 0.6 is 0 Å². The van der Waals surface area contributed by atoms with Gasteiger partial charge in [-0.25, -0.2) is 18.4 Å². The van der Waals surface area contributed by atoms with Crippen LogP contribution < -0.4 is 14.8 Å². The summed E-state index contributed by atoms with van der Waals surface area (Å²) >= 11 is 0. The van der Waals surface area contributed by atoms with Gasteiger partial charge in [-0.05, 0) is 45.7 Å². The maximum Gasteiger partial charge on any atom is 0.252 e. The van der Waals surface area contributed by atoms with Gasteiger partial charge in [-0.1, -0.05) is 0 Å². The third-order valence-electron chi connectivity index (χ3n) is 5.13. The summed E-state index contributed by atoms with van der Waals surface area (Å²) in [5.74, 6) is 0.598. The smallest absolute Gasteiger partial charge is 0.252 e. The molecule has 0 bridgehead atoms. The van der Waals surface area contributed by atoms with Gasteiger partial charge < -0.3 is 10.1 Å². The molecule has 33 heavy (non-hydrogen) atoms. The summed E-state index contributed by atoms with van der Waals surface area (Å²) in [6, 6.07) is 4.96. The average molecular weight is 472 g/mol. The van der Waals surface area contributed by atoms with Crippen molar-refractivity contribution in [2.24, 2.45) is 0 Å². The van der Waals surface area contributed by atoms with Crippen molar-refractivity contribution < 1.29 is 17.9 Å². The summed E-state index contributed by atoms with van der Waals surface area (Å²) in [4.78, 5) is 25.7. The minimum atomic E-state index is -3.43. The number of amides is 1. The van der Waals surface area contributed by atoms with Gasteiger partial charge in [-0.2, -0.15) is 5.10 Å². The standard InChI is InChI=1S/C21H25N7O4S/c1-4-32-19-13-22-12-16(24-19)14-5-8-17(23-11-14)25-20(29)21(2,3)28-10-9-18(26-28)27-33(30,31)15-6-7-15/h5,8-13,15H,4,6-7H2,1-3H3,(H,26,27)(H,23,25,29). The van der Waals surface area contributed by atoms with Crippen LogP contribution in [0.25, 0.3) is 11.3 Å². The van der Waals surface area contributed by atoms with E-state index in [1.807, 2.05) is 6.92 Å². The first-order valence-corrected chi connectivity index (χ1v) is 12.0. The lowest BCUT2D eigenvalue weighted by Gasteiger charge is -2.24. The minimum Gasteiger partial charge on any atom is -0.477 e. The maximum absolute atomic E-state index is 12.9. The van der Waals surface area contributed by atoms with Gasteiger partial charge in [0.1, 0.15) is 11.4 Å². The molecule has 0 atom stereocenters. The lowest BCUT2D eigenvalue weighted by molar-refractivity contribution is -0.123. The summed E-state index contributed by atoms with van der Waals surface area (Å²) in [5.41, 5.74) is 0.228. The van der Waals surface area contributed by atoms with E-state index in [4.69, 9.17) is 4.74 Å². The van der Waals surface area contributed by atoms with Gasteiger partial charge in [0.05, 0.1) is 29.9 Å². The largest absolute Gasteiger partial charge is 0.477 e. The number of hydrogen-bond acceptors (Lipinski definition) is 8. The van der Waals surface area contributed by atoms with E-state index in [0.717, 1.165) is 5.56 Å². The molecule has 4 rings (SSSR count). The zero-order valence-electron chi connectivity index (χ0n) is 18.5. The molecule has 1 fully saturated rings. The van der Waals surface area contributed by atoms with Gasteiger partial charge in [0.25, 0.3) is 5.91 Å². The Balaban J connectivity index is 1.43. The summed E-state index contributed by atoms with van der Waals surface area (Å²) in [5, 5.41) is 6.64. The summed E-state index contributed by atoms with van der Waals surface area (Å²) in [6.07, 6.45) is 7.59. The molecule has 11 nitrogen and oxygen atoms in total. The lowest BCUT2D eigenvalue weighted by atomic mass is 10.1. The van der Waals surface area contributed by atoms with Gasteiger partial charge in [0.2, 0.25) is 15.9 Å². The van der Waals surface area contributed by atoms with E-state index in [1.54, 1.807) is 44.6 Å². The average Bonchev–Trinajstić information content (AvgIpc) is 3.55. The number of ether oxygens (including phenoxy) is 1. The summed E-state index contributed by atoms with van der Waals surface area (Å²) in [7, 11) is -3.43. The third kappa shape index (κ3) is 5.11. The van der Waals surface area contributed by atoms with Crippen molar-refractivity contribution >= 4 is 27.6 Å². The number of rotatable bonds is 9. The Morgan fingerprint density at radius 1 is 1.18 bits per heavy atom. The number of nitrogens with zero attached hydrogens (tertiary/aromatic N) is 5. The zero-order valence-corrected chi connectivity index (χ0v) is 19.3. The molecule has 0 aliphatic heterocycles. The van der Waals surface area contributed by atoms with Crippen LogP contribution in [0.5, 0.6) is 5.88 Å². The zero-order chi connectivity index (χ0) is 23.6. The van der Waals surface area contributed by atoms with E-state index in [-0.39, 0.29) is 17.0 Å². The molecular weight excluding hydrogens is 446 g/mol. The van der Waals surface area contributed by atoms with Crippen molar-refractivity contribution in [3.8, 4) is 17.1 Å². The van der Waals surface area contributed by atoms with Crippen LogP contribution in [0.3, 0.4) is 0 Å². The molecule has 0 unspecified atom stereocenters. The minimum absolute atomic E-state index is 0.181. The Hall–Kier alpha value is -3.54. The fourth-order valence-corrected chi connectivity index (χ4v) is 4.32. The van der Waals surface area contributed by atoms with E-state index >= 15 is 0 Å². The molecule has 1 amide bonds. The van der Waals surface area contributed by atoms with Gasteiger partial charge >= 0.3 is 0 Å². The first-order valence-electron chi connectivity index (χ1n) is 10.5. The third-order valence-corrected chi connectivity index (χ3v) is 6.98. The number of hydrogen-bond donors (Lipinski definition) is 2. The molecule has 3 heterocycles. The SMILES string of the molecule is CCOc1cncc(-c2ccc(NC(=O)C(C)(C)n3ccc(NS(=O)(=O)C4CC4)n3)nc2)n1. The molecule has 1 saturated carbocycles. The van der Waals surface area contributed by atoms with Crippen molar-refractivity contribution in [3.63, 3.8) is 0 Å². The van der Waals surface area contributed by atoms with E-state index in [9.17, 15) is 13.2 Å². The first kappa shape index (κ1) is 22.6. The van der Waals surface area contributed by atoms with Crippen LogP contribution in [0.2, 0.25) is 0 Å². The highest BCUT2D eigenvalue weighted by Gasteiger charge is 2.37. The van der Waals surface area contributed by atoms with Gasteiger partial charge in [-0.3, -0.25) is 19.2 Å². The van der Waals surface area contributed by atoms with Crippen LogP contribution in [0, 0.1) is 0 Å². The van der Waals surface area contributed by atoms with Gasteiger partial charge in [0, 0.05) is 24.0 Å². The molecule has 174 valence electrons. The quantitative estimate of drug-likeness (QED) is 0.485. The number of carbonyl (C=O) groups excluding carboxylic acids is 1. The predicted molar refractivity (Wildman–Crippen MR) is 122 cm³/mol. The second-order valence-electron chi connectivity index (χ2n) is 8.11. The molecule has 1 aliphatic rings.